The summed E-state index contributed by atoms with van der Waals surface area (Å²) in [6.07, 6.45) is 2.87. The molecule has 0 aliphatic carbocycles. The van der Waals surface area contributed by atoms with Crippen LogP contribution in [0.15, 0.2) is 75.9 Å². The molecule has 0 fully saturated rings. The number of unbranched alkanes of at least 4 members (excludes halogenated alkanes) is 1. The van der Waals surface area contributed by atoms with Gasteiger partial charge in [-0.3, -0.25) is 14.5 Å². The Morgan fingerprint density at radius 1 is 1.00 bits per heavy atom. The minimum atomic E-state index is -0.653. The number of benzene rings is 3. The molecule has 0 spiro atoms. The van der Waals surface area contributed by atoms with Crippen molar-refractivity contribution >= 4 is 34.2 Å². The first-order valence-electron chi connectivity index (χ1n) is 11.9. The van der Waals surface area contributed by atoms with Gasteiger partial charge in [0.05, 0.1) is 23.6 Å². The predicted octanol–water partition coefficient (Wildman–Crippen LogP) is 6.94. The Labute approximate surface area is 208 Å². The summed E-state index contributed by atoms with van der Waals surface area (Å²) in [4.78, 5) is 29.1. The highest BCUT2D eigenvalue weighted by atomic mass is 35.5. The first kappa shape index (κ1) is 23.2. The van der Waals surface area contributed by atoms with E-state index in [1.807, 2.05) is 48.5 Å². The average molecular weight is 488 g/mol. The number of anilines is 1. The number of hydrogen-bond acceptors (Lipinski definition) is 4. The molecule has 5 rings (SSSR count). The Morgan fingerprint density at radius 3 is 2.54 bits per heavy atom. The lowest BCUT2D eigenvalue weighted by atomic mass is 9.98. The molecule has 2 heterocycles. The zero-order chi connectivity index (χ0) is 24.5. The topological polar surface area (TPSA) is 59.8 Å². The molecule has 0 N–H and O–H groups in total. The van der Waals surface area contributed by atoms with Crippen molar-refractivity contribution in [2.75, 3.05) is 11.5 Å². The van der Waals surface area contributed by atoms with Gasteiger partial charge in [-0.25, -0.2) is 0 Å². The third kappa shape index (κ3) is 4.21. The minimum Gasteiger partial charge on any atom is -0.494 e. The fourth-order valence-corrected chi connectivity index (χ4v) is 4.70. The second-order valence-corrected chi connectivity index (χ2v) is 9.12. The summed E-state index contributed by atoms with van der Waals surface area (Å²) in [7, 11) is 0. The van der Waals surface area contributed by atoms with Crippen molar-refractivity contribution in [1.82, 2.24) is 0 Å². The van der Waals surface area contributed by atoms with E-state index in [0.29, 0.717) is 39.6 Å². The number of hydrogen-bond donors (Lipinski definition) is 0. The summed E-state index contributed by atoms with van der Waals surface area (Å²) in [6, 6.07) is 19.6. The van der Waals surface area contributed by atoms with E-state index < -0.39 is 6.04 Å². The highest BCUT2D eigenvalue weighted by Crippen LogP contribution is 2.42. The van der Waals surface area contributed by atoms with Crippen molar-refractivity contribution in [3.63, 3.8) is 0 Å². The van der Waals surface area contributed by atoms with E-state index in [-0.39, 0.29) is 17.1 Å². The van der Waals surface area contributed by atoms with E-state index in [1.54, 1.807) is 23.1 Å². The molecule has 0 bridgehead atoms. The maximum Gasteiger partial charge on any atom is 0.295 e. The minimum absolute atomic E-state index is 0.0618. The first-order valence-corrected chi connectivity index (χ1v) is 12.3. The summed E-state index contributed by atoms with van der Waals surface area (Å²) >= 11 is 6.18. The van der Waals surface area contributed by atoms with Crippen LogP contribution < -0.4 is 15.1 Å². The van der Waals surface area contributed by atoms with Gasteiger partial charge >= 0.3 is 0 Å². The molecule has 0 radical (unpaired) electrons. The van der Waals surface area contributed by atoms with Crippen molar-refractivity contribution in [3.05, 3.63) is 104 Å². The van der Waals surface area contributed by atoms with Crippen LogP contribution in [0.2, 0.25) is 5.02 Å². The summed E-state index contributed by atoms with van der Waals surface area (Å²) < 4.78 is 12.0. The number of amides is 1. The molecule has 0 saturated heterocycles. The fourth-order valence-electron chi connectivity index (χ4n) is 4.53. The van der Waals surface area contributed by atoms with E-state index in [4.69, 9.17) is 20.8 Å². The van der Waals surface area contributed by atoms with Crippen molar-refractivity contribution in [1.29, 1.82) is 0 Å². The first-order chi connectivity index (χ1) is 17.0. The number of aryl methyl sites for hydroxylation is 1. The quantitative estimate of drug-likeness (QED) is 0.265. The lowest BCUT2D eigenvalue weighted by Crippen LogP contribution is -2.29. The maximum absolute atomic E-state index is 13.7. The Balaban J connectivity index is 1.70. The van der Waals surface area contributed by atoms with Gasteiger partial charge in [0, 0.05) is 10.7 Å². The Morgan fingerprint density at radius 2 is 1.80 bits per heavy atom. The highest BCUT2D eigenvalue weighted by molar-refractivity contribution is 6.31. The van der Waals surface area contributed by atoms with Gasteiger partial charge < -0.3 is 9.15 Å². The van der Waals surface area contributed by atoms with Crippen LogP contribution in [0.25, 0.3) is 11.0 Å². The third-order valence-electron chi connectivity index (χ3n) is 6.40. The smallest absolute Gasteiger partial charge is 0.295 e. The standard InChI is InChI=1S/C29H26ClNO4/c1-3-5-15-34-22-8-6-7-19(16-22)26-25-27(32)23-17-20(30)11-14-24(23)35-28(25)29(33)31(26)21-12-9-18(4-2)10-13-21/h6-14,16-17,26H,3-5,15H2,1-2H3. The lowest BCUT2D eigenvalue weighted by Gasteiger charge is -2.25. The van der Waals surface area contributed by atoms with Gasteiger partial charge in [0.15, 0.2) is 5.43 Å². The van der Waals surface area contributed by atoms with Crippen molar-refractivity contribution < 1.29 is 13.9 Å². The van der Waals surface area contributed by atoms with E-state index in [9.17, 15) is 9.59 Å². The van der Waals surface area contributed by atoms with Crippen LogP contribution in [0.1, 0.15) is 60.0 Å². The van der Waals surface area contributed by atoms with Crippen LogP contribution in [0.5, 0.6) is 5.75 Å². The summed E-state index contributed by atoms with van der Waals surface area (Å²) in [6.45, 7) is 4.80. The van der Waals surface area contributed by atoms with Crippen LogP contribution in [0, 0.1) is 0 Å². The SMILES string of the molecule is CCCCOc1cccc(C2c3c(oc4ccc(Cl)cc4c3=O)C(=O)N2c2ccc(CC)cc2)c1. The van der Waals surface area contributed by atoms with E-state index in [1.165, 1.54) is 0 Å². The number of rotatable bonds is 7. The average Bonchev–Trinajstić information content (AvgIpc) is 3.17. The Hall–Kier alpha value is -3.57. The number of carbonyl (C=O) groups excluding carboxylic acids is 1. The number of ether oxygens (including phenoxy) is 1. The van der Waals surface area contributed by atoms with Crippen molar-refractivity contribution in [2.24, 2.45) is 0 Å². The second kappa shape index (κ2) is 9.59. The molecule has 1 amide bonds. The zero-order valence-corrected chi connectivity index (χ0v) is 20.5. The molecule has 5 nitrogen and oxygen atoms in total. The van der Waals surface area contributed by atoms with Crippen LogP contribution in [0.3, 0.4) is 0 Å². The van der Waals surface area contributed by atoms with Gasteiger partial charge in [-0.1, -0.05) is 56.1 Å². The molecule has 0 saturated carbocycles. The molecule has 3 aromatic carbocycles. The maximum atomic E-state index is 13.7. The van der Waals surface area contributed by atoms with Crippen LogP contribution in [-0.2, 0) is 6.42 Å². The van der Waals surface area contributed by atoms with Crippen LogP contribution >= 0.6 is 11.6 Å². The lowest BCUT2D eigenvalue weighted by molar-refractivity contribution is 0.0971. The molecule has 178 valence electrons. The van der Waals surface area contributed by atoms with Crippen molar-refractivity contribution in [3.8, 4) is 5.75 Å². The third-order valence-corrected chi connectivity index (χ3v) is 6.63. The Kier molecular flexibility index (Phi) is 6.35. The molecule has 1 aliphatic heterocycles. The number of fused-ring (bicyclic) bond motifs is 2. The molecule has 1 aromatic heterocycles. The molecule has 6 heteroatoms. The molecule has 1 atom stereocenters. The molecular formula is C29H26ClNO4. The molecule has 35 heavy (non-hydrogen) atoms. The van der Waals surface area contributed by atoms with Crippen LogP contribution in [0.4, 0.5) is 5.69 Å². The normalized spacial score (nSPS) is 15.0. The number of halogens is 1. The summed E-state index contributed by atoms with van der Waals surface area (Å²) in [5, 5.41) is 0.788. The van der Waals surface area contributed by atoms with Crippen LogP contribution in [-0.4, -0.2) is 12.5 Å². The Bertz CT molecular complexity index is 1460. The van der Waals surface area contributed by atoms with E-state index >= 15 is 0 Å². The van der Waals surface area contributed by atoms with Crippen molar-refractivity contribution in [2.45, 2.75) is 39.2 Å². The monoisotopic (exact) mass is 487 g/mol. The van der Waals surface area contributed by atoms with Gasteiger partial charge in [-0.15, -0.1) is 0 Å². The number of carbonyl (C=O) groups is 1. The largest absolute Gasteiger partial charge is 0.494 e. The van der Waals surface area contributed by atoms with Gasteiger partial charge in [0.25, 0.3) is 5.91 Å². The summed E-state index contributed by atoms with van der Waals surface area (Å²) in [5.41, 5.74) is 3.03. The summed E-state index contributed by atoms with van der Waals surface area (Å²) in [5.74, 6) is 0.415. The fraction of sp³-hybridized carbons (Fsp3) is 0.241. The van der Waals surface area contributed by atoms with Gasteiger partial charge in [0.1, 0.15) is 11.3 Å². The molecule has 1 aliphatic rings. The molecule has 4 aromatic rings. The predicted molar refractivity (Wildman–Crippen MR) is 139 cm³/mol. The van der Waals surface area contributed by atoms with Gasteiger partial charge in [-0.05, 0) is 66.4 Å². The second-order valence-electron chi connectivity index (χ2n) is 8.69. The van der Waals surface area contributed by atoms with Gasteiger partial charge in [0.2, 0.25) is 5.76 Å². The van der Waals surface area contributed by atoms with E-state index in [0.717, 1.165) is 30.4 Å². The molecular weight excluding hydrogens is 462 g/mol. The molecule has 1 unspecified atom stereocenters. The highest BCUT2D eigenvalue weighted by Gasteiger charge is 2.43. The van der Waals surface area contributed by atoms with E-state index in [2.05, 4.69) is 13.8 Å². The van der Waals surface area contributed by atoms with Gasteiger partial charge in [-0.2, -0.15) is 0 Å². The number of nitrogens with zero attached hydrogens (tertiary/aromatic N) is 1. The zero-order valence-electron chi connectivity index (χ0n) is 19.7.